The molecular formula is C22H22N6S2. The van der Waals surface area contributed by atoms with Gasteiger partial charge in [-0.2, -0.15) is 5.10 Å². The average Bonchev–Trinajstić information content (AvgIpc) is 3.56. The van der Waals surface area contributed by atoms with E-state index < -0.39 is 0 Å². The Hall–Kier alpha value is -2.58. The third kappa shape index (κ3) is 2.97. The lowest BCUT2D eigenvalue weighted by molar-refractivity contribution is 0.427. The average molecular weight is 435 g/mol. The predicted molar refractivity (Wildman–Crippen MR) is 124 cm³/mol. The van der Waals surface area contributed by atoms with E-state index in [1.807, 2.05) is 18.6 Å². The molecular weight excluding hydrogens is 412 g/mol. The molecule has 0 aliphatic heterocycles. The number of aromatic nitrogens is 5. The second-order valence-corrected chi connectivity index (χ2v) is 9.97. The molecule has 6 rings (SSSR count). The molecule has 1 fully saturated rings. The minimum atomic E-state index is 0.617. The number of anilines is 1. The summed E-state index contributed by atoms with van der Waals surface area (Å²) in [6, 6.07) is 0.617. The molecule has 2 aliphatic rings. The van der Waals surface area contributed by atoms with E-state index in [-0.39, 0.29) is 0 Å². The maximum atomic E-state index is 4.96. The van der Waals surface area contributed by atoms with Crippen molar-refractivity contribution < 1.29 is 0 Å². The Morgan fingerprint density at radius 3 is 2.73 bits per heavy atom. The highest BCUT2D eigenvalue weighted by molar-refractivity contribution is 7.29. The molecule has 0 amide bonds. The van der Waals surface area contributed by atoms with Crippen molar-refractivity contribution in [2.75, 3.05) is 11.9 Å². The molecule has 30 heavy (non-hydrogen) atoms. The maximum Gasteiger partial charge on any atom is 0.188 e. The van der Waals surface area contributed by atoms with Crippen LogP contribution in [0.2, 0.25) is 0 Å². The molecule has 6 nitrogen and oxygen atoms in total. The summed E-state index contributed by atoms with van der Waals surface area (Å²) in [7, 11) is 2.19. The Balaban J connectivity index is 1.35. The van der Waals surface area contributed by atoms with Gasteiger partial charge in [0.05, 0.1) is 11.9 Å². The number of fused-ring (bicyclic) bond motifs is 2. The lowest BCUT2D eigenvalue weighted by Crippen LogP contribution is -2.33. The van der Waals surface area contributed by atoms with Gasteiger partial charge in [-0.05, 0) is 30.4 Å². The Labute approximate surface area is 182 Å². The quantitative estimate of drug-likeness (QED) is 0.456. The molecule has 1 saturated carbocycles. The van der Waals surface area contributed by atoms with Gasteiger partial charge in [-0.1, -0.05) is 54.1 Å². The molecule has 4 aromatic rings. The summed E-state index contributed by atoms with van der Waals surface area (Å²) < 4.78 is 0. The van der Waals surface area contributed by atoms with Gasteiger partial charge in [-0.15, -0.1) is 0 Å². The number of H-pyrrole nitrogens is 1. The number of hydrogen-bond donors (Lipinski definition) is 1. The summed E-state index contributed by atoms with van der Waals surface area (Å²) in [5, 5.41) is 9.06. The molecule has 0 spiro atoms. The van der Waals surface area contributed by atoms with E-state index in [9.17, 15) is 0 Å². The molecule has 0 bridgehead atoms. The Morgan fingerprint density at radius 2 is 1.93 bits per heavy atom. The third-order valence-electron chi connectivity index (χ3n) is 6.22. The number of aromatic amines is 1. The third-order valence-corrected chi connectivity index (χ3v) is 8.37. The number of thiazole rings is 2. The molecule has 152 valence electrons. The highest BCUT2D eigenvalue weighted by Gasteiger charge is 2.24. The number of rotatable bonds is 4. The van der Waals surface area contributed by atoms with E-state index in [4.69, 9.17) is 15.0 Å². The second-order valence-electron chi connectivity index (χ2n) is 8.03. The Bertz CT molecular complexity index is 1200. The zero-order chi connectivity index (χ0) is 20.1. The van der Waals surface area contributed by atoms with Gasteiger partial charge in [0, 0.05) is 36.6 Å². The summed E-state index contributed by atoms with van der Waals surface area (Å²) in [5.41, 5.74) is 5.60. The van der Waals surface area contributed by atoms with Crippen molar-refractivity contribution in [3.63, 3.8) is 0 Å². The molecule has 8 heteroatoms. The number of hydrogen-bond acceptors (Lipinski definition) is 7. The molecule has 2 aliphatic carbocycles. The van der Waals surface area contributed by atoms with Crippen LogP contribution in [0.1, 0.15) is 43.2 Å². The molecule has 4 aromatic heterocycles. The number of nitrogens with zero attached hydrogens (tertiary/aromatic N) is 5. The van der Waals surface area contributed by atoms with Crippen LogP contribution in [0.4, 0.5) is 5.13 Å². The van der Waals surface area contributed by atoms with Gasteiger partial charge >= 0.3 is 0 Å². The summed E-state index contributed by atoms with van der Waals surface area (Å²) in [6.45, 7) is 0. The van der Waals surface area contributed by atoms with Gasteiger partial charge in [0.15, 0.2) is 14.8 Å². The lowest BCUT2D eigenvalue weighted by Gasteiger charge is -2.30. The number of pyridine rings is 1. The van der Waals surface area contributed by atoms with Crippen LogP contribution in [0.3, 0.4) is 0 Å². The van der Waals surface area contributed by atoms with Crippen LogP contribution in [-0.2, 0) is 6.42 Å². The van der Waals surface area contributed by atoms with Crippen LogP contribution in [0.5, 0.6) is 0 Å². The van der Waals surface area contributed by atoms with Gasteiger partial charge < -0.3 is 4.90 Å². The van der Waals surface area contributed by atoms with E-state index in [2.05, 4.69) is 34.3 Å². The predicted octanol–water partition coefficient (Wildman–Crippen LogP) is 5.54. The Kier molecular flexibility index (Phi) is 4.42. The normalized spacial score (nSPS) is 16.4. The van der Waals surface area contributed by atoms with Crippen molar-refractivity contribution in [1.82, 2.24) is 25.1 Å². The minimum Gasteiger partial charge on any atom is -0.348 e. The smallest absolute Gasteiger partial charge is 0.188 e. The lowest BCUT2D eigenvalue weighted by atomic mass is 9.95. The SMILES string of the molecule is CN(c1nc2sc(-c3cnc(-c4cn[nH]c4)c4c3C=CC4)nc2s1)C1CCCCC1. The molecule has 0 radical (unpaired) electrons. The first-order chi connectivity index (χ1) is 14.8. The van der Waals surface area contributed by atoms with Gasteiger partial charge in [0.1, 0.15) is 5.01 Å². The van der Waals surface area contributed by atoms with Crippen LogP contribution >= 0.6 is 22.7 Å². The summed E-state index contributed by atoms with van der Waals surface area (Å²) in [4.78, 5) is 19.1. The first-order valence-corrected chi connectivity index (χ1v) is 12.1. The van der Waals surface area contributed by atoms with Crippen molar-refractivity contribution >= 4 is 43.5 Å². The van der Waals surface area contributed by atoms with E-state index in [0.29, 0.717) is 6.04 Å². The maximum absolute atomic E-state index is 4.96. The van der Waals surface area contributed by atoms with E-state index >= 15 is 0 Å². The van der Waals surface area contributed by atoms with Crippen LogP contribution < -0.4 is 4.90 Å². The summed E-state index contributed by atoms with van der Waals surface area (Å²) in [5.74, 6) is 0. The highest BCUT2D eigenvalue weighted by atomic mass is 32.1. The van der Waals surface area contributed by atoms with Crippen LogP contribution in [0, 0.1) is 0 Å². The topological polar surface area (TPSA) is 70.6 Å². The fourth-order valence-electron chi connectivity index (χ4n) is 4.58. The van der Waals surface area contributed by atoms with Crippen molar-refractivity contribution in [2.24, 2.45) is 0 Å². The molecule has 4 heterocycles. The van der Waals surface area contributed by atoms with Crippen molar-refractivity contribution in [3.8, 4) is 21.8 Å². The van der Waals surface area contributed by atoms with Crippen LogP contribution in [0.15, 0.2) is 24.7 Å². The van der Waals surface area contributed by atoms with E-state index in [1.54, 1.807) is 22.7 Å². The fourth-order valence-corrected chi connectivity index (χ4v) is 6.68. The second kappa shape index (κ2) is 7.28. The van der Waals surface area contributed by atoms with E-state index in [1.165, 1.54) is 43.2 Å². The molecule has 0 atom stereocenters. The minimum absolute atomic E-state index is 0.617. The molecule has 0 aromatic carbocycles. The summed E-state index contributed by atoms with van der Waals surface area (Å²) >= 11 is 3.39. The zero-order valence-electron chi connectivity index (χ0n) is 16.8. The highest BCUT2D eigenvalue weighted by Crippen LogP contribution is 2.41. The number of allylic oxidation sites excluding steroid dienone is 1. The molecule has 1 N–H and O–H groups in total. The number of nitrogens with one attached hydrogen (secondary N) is 1. The summed E-state index contributed by atoms with van der Waals surface area (Å²) in [6.07, 6.45) is 17.5. The van der Waals surface area contributed by atoms with Gasteiger partial charge in [0.25, 0.3) is 0 Å². The van der Waals surface area contributed by atoms with Crippen molar-refractivity contribution in [2.45, 2.75) is 44.6 Å². The van der Waals surface area contributed by atoms with Crippen LogP contribution in [-0.4, -0.2) is 38.2 Å². The molecule has 0 unspecified atom stereocenters. The standard InChI is InChI=1S/C22H22N6S2/c1-28(14-6-3-2-4-7-14)22-27-21-20(30-22)26-19(29-21)17-12-23-18(13-10-24-25-11-13)16-9-5-8-15(16)17/h5,8,10-12,14H,2-4,6-7,9H2,1H3,(H,24,25). The van der Waals surface area contributed by atoms with Crippen LogP contribution in [0.25, 0.3) is 37.6 Å². The van der Waals surface area contributed by atoms with Crippen molar-refractivity contribution in [1.29, 1.82) is 0 Å². The zero-order valence-corrected chi connectivity index (χ0v) is 18.4. The van der Waals surface area contributed by atoms with Gasteiger partial charge in [0.2, 0.25) is 0 Å². The van der Waals surface area contributed by atoms with Gasteiger partial charge in [-0.25, -0.2) is 9.97 Å². The van der Waals surface area contributed by atoms with Crippen molar-refractivity contribution in [3.05, 3.63) is 35.8 Å². The Morgan fingerprint density at radius 1 is 1.07 bits per heavy atom. The van der Waals surface area contributed by atoms with Gasteiger partial charge in [-0.3, -0.25) is 10.1 Å². The monoisotopic (exact) mass is 434 g/mol. The van der Waals surface area contributed by atoms with E-state index in [0.717, 1.165) is 43.0 Å². The molecule has 0 saturated heterocycles. The first-order valence-electron chi connectivity index (χ1n) is 10.5. The fraction of sp³-hybridized carbons (Fsp3) is 0.364. The first kappa shape index (κ1) is 18.2. The largest absolute Gasteiger partial charge is 0.348 e.